The summed E-state index contributed by atoms with van der Waals surface area (Å²) in [6.45, 7) is 2.37. The van der Waals surface area contributed by atoms with Crippen molar-refractivity contribution in [3.63, 3.8) is 0 Å². The summed E-state index contributed by atoms with van der Waals surface area (Å²) < 4.78 is 27.9. The van der Waals surface area contributed by atoms with Crippen LogP contribution in [0.25, 0.3) is 0 Å². The normalized spacial score (nSPS) is 19.8. The van der Waals surface area contributed by atoms with Gasteiger partial charge in [0.1, 0.15) is 15.9 Å². The molecule has 25 heavy (non-hydrogen) atoms. The van der Waals surface area contributed by atoms with E-state index >= 15 is 0 Å². The van der Waals surface area contributed by atoms with E-state index < -0.39 is 10.0 Å². The van der Waals surface area contributed by atoms with Gasteiger partial charge in [0.25, 0.3) is 10.0 Å². The van der Waals surface area contributed by atoms with Gasteiger partial charge in [-0.25, -0.2) is 18.4 Å². The Labute approximate surface area is 156 Å². The van der Waals surface area contributed by atoms with Crippen molar-refractivity contribution < 1.29 is 8.42 Å². The lowest BCUT2D eigenvalue weighted by molar-refractivity contribution is 0.434. The number of aromatic nitrogens is 2. The molecule has 6 nitrogen and oxygen atoms in total. The van der Waals surface area contributed by atoms with Crippen molar-refractivity contribution in [2.75, 3.05) is 31.1 Å². The summed E-state index contributed by atoms with van der Waals surface area (Å²) in [5.41, 5.74) is 0. The minimum absolute atomic E-state index is 0.309. The zero-order valence-corrected chi connectivity index (χ0v) is 16.0. The van der Waals surface area contributed by atoms with Gasteiger partial charge in [-0.2, -0.15) is 4.31 Å². The Kier molecular flexibility index (Phi) is 4.70. The van der Waals surface area contributed by atoms with Crippen LogP contribution in [-0.4, -0.2) is 48.9 Å². The number of nitrogens with zero attached hydrogens (tertiary/aromatic N) is 4. The van der Waals surface area contributed by atoms with Crippen molar-refractivity contribution in [2.45, 2.75) is 29.4 Å². The third-order valence-electron chi connectivity index (χ3n) is 4.52. The number of sulfonamides is 1. The zero-order chi connectivity index (χ0) is 17.4. The Morgan fingerprint density at radius 1 is 1.12 bits per heavy atom. The fraction of sp³-hybridized carbons (Fsp3) is 0.500. The van der Waals surface area contributed by atoms with Crippen molar-refractivity contribution in [1.82, 2.24) is 14.3 Å². The Bertz CT molecular complexity index is 867. The molecule has 9 heteroatoms. The van der Waals surface area contributed by atoms with E-state index in [-0.39, 0.29) is 0 Å². The molecule has 1 saturated heterocycles. The Hall–Kier alpha value is -1.22. The second-order valence-corrected chi connectivity index (χ2v) is 10.2. The van der Waals surface area contributed by atoms with Gasteiger partial charge in [-0.15, -0.1) is 11.3 Å². The van der Waals surface area contributed by atoms with E-state index in [0.717, 1.165) is 35.9 Å². The lowest BCUT2D eigenvalue weighted by Gasteiger charge is -2.22. The van der Waals surface area contributed by atoms with Gasteiger partial charge < -0.3 is 4.90 Å². The van der Waals surface area contributed by atoms with E-state index in [1.165, 1.54) is 12.8 Å². The highest BCUT2D eigenvalue weighted by Gasteiger charge is 2.30. The minimum atomic E-state index is -3.47. The van der Waals surface area contributed by atoms with Crippen molar-refractivity contribution >= 4 is 38.8 Å². The molecule has 0 spiro atoms. The van der Waals surface area contributed by atoms with Gasteiger partial charge in [-0.1, -0.05) is 11.6 Å². The molecular weight excluding hydrogens is 380 g/mol. The highest BCUT2D eigenvalue weighted by molar-refractivity contribution is 7.91. The van der Waals surface area contributed by atoms with Crippen LogP contribution in [0.5, 0.6) is 0 Å². The molecule has 3 heterocycles. The maximum Gasteiger partial charge on any atom is 0.252 e. The molecule has 0 unspecified atom stereocenters. The van der Waals surface area contributed by atoms with Crippen LogP contribution in [0, 0.1) is 0 Å². The van der Waals surface area contributed by atoms with Gasteiger partial charge in [0, 0.05) is 38.3 Å². The van der Waals surface area contributed by atoms with Gasteiger partial charge in [0.15, 0.2) is 0 Å². The molecule has 2 aromatic rings. The Balaban J connectivity index is 1.49. The molecule has 0 aromatic carbocycles. The van der Waals surface area contributed by atoms with Crippen LogP contribution >= 0.6 is 22.9 Å². The van der Waals surface area contributed by atoms with E-state index in [0.29, 0.717) is 34.1 Å². The van der Waals surface area contributed by atoms with Crippen LogP contribution < -0.4 is 4.90 Å². The van der Waals surface area contributed by atoms with Crippen molar-refractivity contribution in [3.05, 3.63) is 34.6 Å². The van der Waals surface area contributed by atoms with Crippen molar-refractivity contribution in [1.29, 1.82) is 0 Å². The predicted molar refractivity (Wildman–Crippen MR) is 98.9 cm³/mol. The van der Waals surface area contributed by atoms with Crippen LogP contribution in [0.15, 0.2) is 28.6 Å². The number of hydrogen-bond acceptors (Lipinski definition) is 6. The molecule has 1 saturated carbocycles. The first-order valence-electron chi connectivity index (χ1n) is 8.37. The summed E-state index contributed by atoms with van der Waals surface area (Å²) in [4.78, 5) is 11.2. The largest absolute Gasteiger partial charge is 0.355 e. The first kappa shape index (κ1) is 17.2. The van der Waals surface area contributed by atoms with E-state index in [1.807, 2.05) is 12.3 Å². The van der Waals surface area contributed by atoms with Gasteiger partial charge in [-0.05, 0) is 37.5 Å². The molecule has 1 aliphatic carbocycles. The molecular formula is C16H19ClN4O2S2. The van der Waals surface area contributed by atoms with Gasteiger partial charge in [0.05, 0.1) is 4.34 Å². The molecule has 2 aliphatic rings. The maximum absolute atomic E-state index is 12.8. The maximum atomic E-state index is 12.8. The topological polar surface area (TPSA) is 66.4 Å². The summed E-state index contributed by atoms with van der Waals surface area (Å²) in [6, 6.07) is 5.12. The van der Waals surface area contributed by atoms with Crippen LogP contribution in [0.3, 0.4) is 0 Å². The summed E-state index contributed by atoms with van der Waals surface area (Å²) in [5, 5.41) is 0. The smallest absolute Gasteiger partial charge is 0.252 e. The van der Waals surface area contributed by atoms with Gasteiger partial charge in [-0.3, -0.25) is 0 Å². The minimum Gasteiger partial charge on any atom is -0.355 e. The van der Waals surface area contributed by atoms with Crippen LogP contribution in [0.4, 0.5) is 5.82 Å². The van der Waals surface area contributed by atoms with Crippen LogP contribution in [-0.2, 0) is 10.0 Å². The second-order valence-electron chi connectivity index (χ2n) is 6.35. The lowest BCUT2D eigenvalue weighted by Crippen LogP contribution is -2.35. The quantitative estimate of drug-likeness (QED) is 0.792. The Morgan fingerprint density at radius 2 is 1.96 bits per heavy atom. The molecule has 134 valence electrons. The van der Waals surface area contributed by atoms with Gasteiger partial charge >= 0.3 is 0 Å². The summed E-state index contributed by atoms with van der Waals surface area (Å²) in [5.74, 6) is 2.32. The molecule has 1 aliphatic heterocycles. The molecule has 0 N–H and O–H groups in total. The van der Waals surface area contributed by atoms with Crippen LogP contribution in [0.1, 0.15) is 31.0 Å². The van der Waals surface area contributed by atoms with E-state index in [1.54, 1.807) is 16.4 Å². The van der Waals surface area contributed by atoms with E-state index in [4.69, 9.17) is 11.6 Å². The molecule has 0 atom stereocenters. The number of thiophene rings is 1. The lowest BCUT2D eigenvalue weighted by atomic mass is 10.3. The summed E-state index contributed by atoms with van der Waals surface area (Å²) in [7, 11) is -3.47. The first-order chi connectivity index (χ1) is 12.0. The highest BCUT2D eigenvalue weighted by atomic mass is 35.5. The summed E-state index contributed by atoms with van der Waals surface area (Å²) in [6.07, 6.45) is 4.90. The Morgan fingerprint density at radius 3 is 2.68 bits per heavy atom. The first-order valence-corrected chi connectivity index (χ1v) is 11.0. The average Bonchev–Trinajstić information content (AvgIpc) is 3.40. The molecule has 4 rings (SSSR count). The second kappa shape index (κ2) is 6.83. The fourth-order valence-electron chi connectivity index (χ4n) is 3.00. The van der Waals surface area contributed by atoms with Crippen molar-refractivity contribution in [3.8, 4) is 0 Å². The number of halogens is 1. The SMILES string of the molecule is O=S(=O)(c1ccc(Cl)s1)N1CCCN(c2ccnc(C3CC3)n2)CC1. The molecule has 0 bridgehead atoms. The third-order valence-corrected chi connectivity index (χ3v) is 8.12. The number of rotatable bonds is 4. The van der Waals surface area contributed by atoms with E-state index in [9.17, 15) is 8.42 Å². The number of hydrogen-bond donors (Lipinski definition) is 0. The average molecular weight is 399 g/mol. The van der Waals surface area contributed by atoms with Crippen molar-refractivity contribution in [2.24, 2.45) is 0 Å². The molecule has 2 aromatic heterocycles. The summed E-state index contributed by atoms with van der Waals surface area (Å²) >= 11 is 7.01. The molecule has 2 fully saturated rings. The molecule has 0 amide bonds. The monoisotopic (exact) mass is 398 g/mol. The predicted octanol–water partition coefficient (Wildman–Crippen LogP) is 2.97. The fourth-order valence-corrected chi connectivity index (χ4v) is 6.11. The van der Waals surface area contributed by atoms with Crippen LogP contribution in [0.2, 0.25) is 4.34 Å². The zero-order valence-electron chi connectivity index (χ0n) is 13.6. The standard InChI is InChI=1S/C16H19ClN4O2S2/c17-13-4-5-15(24-13)25(22,23)21-9-1-8-20(10-11-21)14-6-7-18-16(19-14)12-2-3-12/h4-7,12H,1-3,8-11H2. The molecule has 0 radical (unpaired) electrons. The number of anilines is 1. The third kappa shape index (κ3) is 3.67. The highest BCUT2D eigenvalue weighted by Crippen LogP contribution is 2.38. The van der Waals surface area contributed by atoms with E-state index in [2.05, 4.69) is 14.9 Å². The van der Waals surface area contributed by atoms with Gasteiger partial charge in [0.2, 0.25) is 0 Å².